The van der Waals surface area contributed by atoms with Gasteiger partial charge < -0.3 is 9.97 Å². The summed E-state index contributed by atoms with van der Waals surface area (Å²) in [7, 11) is 0. The Morgan fingerprint density at radius 2 is 0.679 bits per heavy atom. The summed E-state index contributed by atoms with van der Waals surface area (Å²) in [6.07, 6.45) is 0.506. The van der Waals surface area contributed by atoms with Gasteiger partial charge in [-0.15, -0.1) is 0 Å². The van der Waals surface area contributed by atoms with Crippen molar-refractivity contribution < 1.29 is 0 Å². The van der Waals surface area contributed by atoms with Gasteiger partial charge in [-0.2, -0.15) is 0 Å². The van der Waals surface area contributed by atoms with Crippen molar-refractivity contribution in [3.05, 3.63) is 156 Å². The lowest BCUT2D eigenvalue weighted by Gasteiger charge is -2.08. The van der Waals surface area contributed by atoms with E-state index in [1.807, 2.05) is 109 Å². The summed E-state index contributed by atoms with van der Waals surface area (Å²) in [6.45, 7) is 0. The SMILES string of the molecule is c1ccc(C2=NC3=C(N=C(c4ccccc4)C2)c2nc3nc3[nH]c(nc4nc(nc5[nH]c(n2)c2ccccc52)-c2ccccc2-4)c2ccccc32)cc1. The minimum Gasteiger partial charge on any atom is -0.324 e. The number of nitrogens with zero attached hydrogens (tertiary/aromatic N) is 8. The first-order chi connectivity index (χ1) is 26.2. The van der Waals surface area contributed by atoms with Gasteiger partial charge in [-0.05, 0) is 11.1 Å². The van der Waals surface area contributed by atoms with Crippen LogP contribution in [0.4, 0.5) is 0 Å². The van der Waals surface area contributed by atoms with Gasteiger partial charge in [0.2, 0.25) is 0 Å². The zero-order valence-corrected chi connectivity index (χ0v) is 28.0. The first-order valence-corrected chi connectivity index (χ1v) is 17.3. The Kier molecular flexibility index (Phi) is 6.38. The molecule has 8 aromatic rings. The molecule has 2 N–H and O–H groups in total. The monoisotopic (exact) mass is 682 g/mol. The summed E-state index contributed by atoms with van der Waals surface area (Å²) in [5, 5.41) is 3.59. The number of fused-ring (bicyclic) bond motifs is 19. The second kappa shape index (κ2) is 11.5. The highest BCUT2D eigenvalue weighted by Crippen LogP contribution is 2.37. The largest absolute Gasteiger partial charge is 0.324 e. The molecule has 8 bridgehead atoms. The van der Waals surface area contributed by atoms with E-state index in [9.17, 15) is 0 Å². The average molecular weight is 683 g/mol. The fourth-order valence-corrected chi connectivity index (χ4v) is 7.21. The lowest BCUT2D eigenvalue weighted by molar-refractivity contribution is 1.11. The van der Waals surface area contributed by atoms with E-state index in [0.717, 1.165) is 55.2 Å². The molecule has 5 aromatic carbocycles. The molecule has 0 aliphatic carbocycles. The zero-order chi connectivity index (χ0) is 34.9. The molecule has 0 radical (unpaired) electrons. The quantitative estimate of drug-likeness (QED) is 0.187. The van der Waals surface area contributed by atoms with Crippen LogP contribution in [-0.2, 0) is 0 Å². The molecule has 10 nitrogen and oxygen atoms in total. The predicted octanol–water partition coefficient (Wildman–Crippen LogP) is 8.74. The fraction of sp³-hybridized carbons (Fsp3) is 0.0233. The predicted molar refractivity (Wildman–Crippen MR) is 209 cm³/mol. The van der Waals surface area contributed by atoms with E-state index in [2.05, 4.69) is 34.2 Å². The van der Waals surface area contributed by atoms with Crippen molar-refractivity contribution in [3.63, 3.8) is 0 Å². The van der Waals surface area contributed by atoms with Crippen molar-refractivity contribution in [1.82, 2.24) is 39.9 Å². The maximum atomic E-state index is 5.31. The van der Waals surface area contributed by atoms with Gasteiger partial charge in [0, 0.05) is 39.1 Å². The number of aromatic nitrogens is 8. The number of hydrogen-bond donors (Lipinski definition) is 2. The van der Waals surface area contributed by atoms with Crippen LogP contribution in [-0.4, -0.2) is 51.3 Å². The van der Waals surface area contributed by atoms with Gasteiger partial charge in [0.25, 0.3) is 0 Å². The maximum absolute atomic E-state index is 5.31. The van der Waals surface area contributed by atoms with Crippen LogP contribution in [0.3, 0.4) is 0 Å². The number of rotatable bonds is 2. The first kappa shape index (κ1) is 29.3. The maximum Gasteiger partial charge on any atom is 0.184 e. The minimum absolute atomic E-state index is 0.399. The second-order valence-corrected chi connectivity index (χ2v) is 13.0. The van der Waals surface area contributed by atoms with Crippen molar-refractivity contribution in [2.45, 2.75) is 6.42 Å². The van der Waals surface area contributed by atoms with Gasteiger partial charge in [0.15, 0.2) is 23.3 Å². The van der Waals surface area contributed by atoms with E-state index >= 15 is 0 Å². The minimum atomic E-state index is 0.399. The van der Waals surface area contributed by atoms with Gasteiger partial charge in [0.05, 0.1) is 11.4 Å². The molecule has 11 rings (SSSR count). The van der Waals surface area contributed by atoms with E-state index in [0.29, 0.717) is 63.7 Å². The average Bonchev–Trinajstić information content (AvgIpc) is 3.89. The Balaban J connectivity index is 1.30. The third kappa shape index (κ3) is 4.80. The molecule has 0 saturated heterocycles. The van der Waals surface area contributed by atoms with Gasteiger partial charge in [0.1, 0.15) is 34.0 Å². The third-order valence-corrected chi connectivity index (χ3v) is 9.74. The molecule has 0 fully saturated rings. The van der Waals surface area contributed by atoms with Gasteiger partial charge in [-0.25, -0.2) is 39.9 Å². The topological polar surface area (TPSA) is 134 Å². The molecule has 0 unspecified atom stereocenters. The first-order valence-electron chi connectivity index (χ1n) is 17.3. The second-order valence-electron chi connectivity index (χ2n) is 13.0. The number of benzene rings is 5. The summed E-state index contributed by atoms with van der Waals surface area (Å²) in [5.74, 6) is 1.92. The zero-order valence-electron chi connectivity index (χ0n) is 28.0. The van der Waals surface area contributed by atoms with Crippen molar-refractivity contribution >= 4 is 67.0 Å². The fourth-order valence-electron chi connectivity index (χ4n) is 7.21. The standard InChI is InChI=1S/C43H26N10/c1-3-13-24(14-4-1)32-23-33(25-15-5-2-6-16-25)45-35-34(44-32)42-51-40-30-21-11-9-19-28(30)38(49-40)47-36-26-17-7-8-18-27(26)37(46-36)48-39-29-20-10-12-22-31(29)41(50-39)52-43(35)53-42/h1-22H,23H2,(H2,46,47,48,49,50,51,52,53). The van der Waals surface area contributed by atoms with Gasteiger partial charge in [-0.1, -0.05) is 133 Å². The normalized spacial score (nSPS) is 13.7. The van der Waals surface area contributed by atoms with Crippen molar-refractivity contribution in [2.75, 3.05) is 0 Å². The van der Waals surface area contributed by atoms with Crippen LogP contribution in [0.25, 0.3) is 78.3 Å². The molecular formula is C43H26N10. The Morgan fingerprint density at radius 3 is 1.09 bits per heavy atom. The van der Waals surface area contributed by atoms with E-state index in [1.54, 1.807) is 0 Å². The number of aromatic amines is 2. The van der Waals surface area contributed by atoms with Crippen LogP contribution < -0.4 is 0 Å². The lowest BCUT2D eigenvalue weighted by Crippen LogP contribution is -2.10. The number of nitrogens with one attached hydrogen (secondary N) is 2. The van der Waals surface area contributed by atoms with Crippen LogP contribution in [0.15, 0.2) is 143 Å². The van der Waals surface area contributed by atoms with Crippen LogP contribution >= 0.6 is 0 Å². The summed E-state index contributed by atoms with van der Waals surface area (Å²) in [4.78, 5) is 48.3. The third-order valence-electron chi connectivity index (χ3n) is 9.74. The molecule has 0 atom stereocenters. The van der Waals surface area contributed by atoms with Crippen molar-refractivity contribution in [2.24, 2.45) is 9.98 Å². The number of aliphatic imine (C=N–C) groups is 2. The van der Waals surface area contributed by atoms with Gasteiger partial charge in [-0.3, -0.25) is 0 Å². The highest BCUT2D eigenvalue weighted by Gasteiger charge is 2.28. The highest BCUT2D eigenvalue weighted by atomic mass is 15.1. The van der Waals surface area contributed by atoms with Crippen molar-refractivity contribution in [3.8, 4) is 22.8 Å². The van der Waals surface area contributed by atoms with Crippen molar-refractivity contribution in [1.29, 1.82) is 0 Å². The molecule has 3 aromatic heterocycles. The smallest absolute Gasteiger partial charge is 0.184 e. The Labute approximate surface area is 301 Å². The molecule has 53 heavy (non-hydrogen) atoms. The number of hydrogen-bond acceptors (Lipinski definition) is 8. The molecule has 248 valence electrons. The molecule has 0 saturated carbocycles. The van der Waals surface area contributed by atoms with Gasteiger partial charge >= 0.3 is 0 Å². The molecular weight excluding hydrogens is 657 g/mol. The lowest BCUT2D eigenvalue weighted by atomic mass is 10.00. The Bertz CT molecular complexity index is 2880. The Hall–Kier alpha value is -7.46. The molecule has 10 heteroatoms. The molecule has 3 aliphatic heterocycles. The van der Waals surface area contributed by atoms with E-state index in [-0.39, 0.29) is 0 Å². The highest BCUT2D eigenvalue weighted by molar-refractivity contribution is 6.22. The molecule has 0 spiro atoms. The summed E-state index contributed by atoms with van der Waals surface area (Å²) in [6, 6.07) is 44.5. The molecule has 3 aliphatic rings. The van der Waals surface area contributed by atoms with E-state index < -0.39 is 0 Å². The Morgan fingerprint density at radius 1 is 0.340 bits per heavy atom. The van der Waals surface area contributed by atoms with Crippen LogP contribution in [0.2, 0.25) is 0 Å². The number of H-pyrrole nitrogens is 2. The summed E-state index contributed by atoms with van der Waals surface area (Å²) < 4.78 is 0. The summed E-state index contributed by atoms with van der Waals surface area (Å²) in [5.41, 5.74) is 9.05. The van der Waals surface area contributed by atoms with Crippen LogP contribution in [0, 0.1) is 0 Å². The van der Waals surface area contributed by atoms with Crippen LogP contribution in [0.5, 0.6) is 0 Å². The molecule has 6 heterocycles. The molecule has 0 amide bonds. The van der Waals surface area contributed by atoms with E-state index in [4.69, 9.17) is 39.9 Å². The summed E-state index contributed by atoms with van der Waals surface area (Å²) >= 11 is 0. The van der Waals surface area contributed by atoms with E-state index in [1.165, 1.54) is 0 Å². The van der Waals surface area contributed by atoms with Crippen LogP contribution in [0.1, 0.15) is 29.2 Å².